The molecule has 3 aromatic rings. The molecule has 1 aromatic carbocycles. The second-order valence-electron chi connectivity index (χ2n) is 4.36. The number of ether oxygens (including phenoxy) is 1. The van der Waals surface area contributed by atoms with E-state index in [0.29, 0.717) is 5.75 Å². The molecule has 0 amide bonds. The molecule has 0 aliphatic rings. The van der Waals surface area contributed by atoms with E-state index in [4.69, 9.17) is 15.6 Å². The summed E-state index contributed by atoms with van der Waals surface area (Å²) in [6.07, 6.45) is 1.54. The SMILES string of the molecule is Nc1ccc(C(=O)O)nc1Oc1cnc2ccccc2c1. The van der Waals surface area contributed by atoms with Crippen LogP contribution in [0.5, 0.6) is 11.6 Å². The Labute approximate surface area is 119 Å². The number of nitrogen functional groups attached to an aromatic ring is 1. The van der Waals surface area contributed by atoms with Crippen LogP contribution in [0.15, 0.2) is 48.7 Å². The molecule has 104 valence electrons. The quantitative estimate of drug-likeness (QED) is 0.765. The summed E-state index contributed by atoms with van der Waals surface area (Å²) < 4.78 is 5.55. The average Bonchev–Trinajstić information content (AvgIpc) is 2.49. The number of carboxylic acids is 1. The summed E-state index contributed by atoms with van der Waals surface area (Å²) in [5, 5.41) is 9.84. The lowest BCUT2D eigenvalue weighted by Gasteiger charge is -2.08. The number of hydrogen-bond donors (Lipinski definition) is 2. The maximum absolute atomic E-state index is 10.9. The minimum Gasteiger partial charge on any atom is -0.477 e. The number of aromatic carboxylic acids is 1. The third-order valence-electron chi connectivity index (χ3n) is 2.89. The highest BCUT2D eigenvalue weighted by atomic mass is 16.5. The molecule has 2 aromatic heterocycles. The maximum atomic E-state index is 10.9. The second kappa shape index (κ2) is 5.09. The number of nitrogens with zero attached hydrogens (tertiary/aromatic N) is 2. The van der Waals surface area contributed by atoms with Gasteiger partial charge in [-0.15, -0.1) is 0 Å². The summed E-state index contributed by atoms with van der Waals surface area (Å²) in [7, 11) is 0. The lowest BCUT2D eigenvalue weighted by molar-refractivity contribution is 0.0689. The molecule has 0 aliphatic heterocycles. The van der Waals surface area contributed by atoms with Crippen LogP contribution >= 0.6 is 0 Å². The van der Waals surface area contributed by atoms with Gasteiger partial charge >= 0.3 is 5.97 Å². The van der Waals surface area contributed by atoms with Gasteiger partial charge in [0, 0.05) is 5.39 Å². The zero-order chi connectivity index (χ0) is 14.8. The normalized spacial score (nSPS) is 10.5. The number of carbonyl (C=O) groups is 1. The molecule has 0 atom stereocenters. The number of benzene rings is 1. The highest BCUT2D eigenvalue weighted by molar-refractivity contribution is 5.86. The Kier molecular flexibility index (Phi) is 3.12. The summed E-state index contributed by atoms with van der Waals surface area (Å²) in [6.45, 7) is 0. The Bertz CT molecular complexity index is 833. The molecule has 0 bridgehead atoms. The van der Waals surface area contributed by atoms with Gasteiger partial charge in [-0.05, 0) is 24.3 Å². The molecule has 6 nitrogen and oxygen atoms in total. The van der Waals surface area contributed by atoms with Gasteiger partial charge in [-0.25, -0.2) is 9.78 Å². The number of pyridine rings is 2. The van der Waals surface area contributed by atoms with Gasteiger partial charge in [0.1, 0.15) is 5.75 Å². The topological polar surface area (TPSA) is 98.3 Å². The highest BCUT2D eigenvalue weighted by Gasteiger charge is 2.11. The van der Waals surface area contributed by atoms with Crippen LogP contribution in [0.4, 0.5) is 5.69 Å². The highest BCUT2D eigenvalue weighted by Crippen LogP contribution is 2.27. The molecular weight excluding hydrogens is 270 g/mol. The molecule has 0 aliphatic carbocycles. The minimum absolute atomic E-state index is 0.0481. The molecule has 0 saturated heterocycles. The lowest BCUT2D eigenvalue weighted by atomic mass is 10.2. The molecule has 6 heteroatoms. The van der Waals surface area contributed by atoms with E-state index in [0.717, 1.165) is 10.9 Å². The Balaban J connectivity index is 1.98. The first kappa shape index (κ1) is 12.9. The van der Waals surface area contributed by atoms with Crippen molar-refractivity contribution in [2.45, 2.75) is 0 Å². The van der Waals surface area contributed by atoms with E-state index in [9.17, 15) is 4.79 Å². The minimum atomic E-state index is -1.14. The smallest absolute Gasteiger partial charge is 0.354 e. The van der Waals surface area contributed by atoms with E-state index < -0.39 is 5.97 Å². The predicted octanol–water partition coefficient (Wildman–Crippen LogP) is 2.70. The Hall–Kier alpha value is -3.15. The van der Waals surface area contributed by atoms with Crippen LogP contribution in [-0.4, -0.2) is 21.0 Å². The molecule has 0 spiro atoms. The summed E-state index contributed by atoms with van der Waals surface area (Å²) in [6, 6.07) is 12.1. The molecule has 3 N–H and O–H groups in total. The van der Waals surface area contributed by atoms with Crippen molar-refractivity contribution in [1.29, 1.82) is 0 Å². The Morgan fingerprint density at radius 1 is 1.19 bits per heavy atom. The monoisotopic (exact) mass is 281 g/mol. The molecule has 0 radical (unpaired) electrons. The number of rotatable bonds is 3. The number of hydrogen-bond acceptors (Lipinski definition) is 5. The lowest BCUT2D eigenvalue weighted by Crippen LogP contribution is -2.03. The predicted molar refractivity (Wildman–Crippen MR) is 77.4 cm³/mol. The maximum Gasteiger partial charge on any atom is 0.354 e. The van der Waals surface area contributed by atoms with Crippen LogP contribution in [0.2, 0.25) is 0 Å². The van der Waals surface area contributed by atoms with Gasteiger partial charge in [-0.3, -0.25) is 4.98 Å². The largest absolute Gasteiger partial charge is 0.477 e. The van der Waals surface area contributed by atoms with E-state index >= 15 is 0 Å². The van der Waals surface area contributed by atoms with Gasteiger partial charge in [0.25, 0.3) is 0 Å². The summed E-state index contributed by atoms with van der Waals surface area (Å²) in [5.74, 6) is -0.654. The number of fused-ring (bicyclic) bond motifs is 1. The van der Waals surface area contributed by atoms with Crippen molar-refractivity contribution in [3.8, 4) is 11.6 Å². The van der Waals surface area contributed by atoms with E-state index in [1.54, 1.807) is 6.07 Å². The van der Waals surface area contributed by atoms with Crippen LogP contribution in [0.25, 0.3) is 10.9 Å². The van der Waals surface area contributed by atoms with Crippen molar-refractivity contribution in [3.05, 3.63) is 54.4 Å². The fourth-order valence-corrected chi connectivity index (χ4v) is 1.87. The van der Waals surface area contributed by atoms with Crippen molar-refractivity contribution in [1.82, 2.24) is 9.97 Å². The molecule has 21 heavy (non-hydrogen) atoms. The summed E-state index contributed by atoms with van der Waals surface area (Å²) in [5.41, 5.74) is 6.71. The van der Waals surface area contributed by atoms with Gasteiger partial charge in [0.05, 0.1) is 17.4 Å². The van der Waals surface area contributed by atoms with E-state index in [-0.39, 0.29) is 17.3 Å². The van der Waals surface area contributed by atoms with Crippen molar-refractivity contribution in [3.63, 3.8) is 0 Å². The van der Waals surface area contributed by atoms with Crippen molar-refractivity contribution in [2.75, 3.05) is 5.73 Å². The van der Waals surface area contributed by atoms with Crippen LogP contribution in [-0.2, 0) is 0 Å². The van der Waals surface area contributed by atoms with Crippen molar-refractivity contribution < 1.29 is 14.6 Å². The number of anilines is 1. The Morgan fingerprint density at radius 3 is 2.81 bits per heavy atom. The summed E-state index contributed by atoms with van der Waals surface area (Å²) in [4.78, 5) is 19.0. The molecule has 3 rings (SSSR count). The third kappa shape index (κ3) is 2.59. The van der Waals surface area contributed by atoms with E-state index in [1.807, 2.05) is 24.3 Å². The zero-order valence-corrected chi connectivity index (χ0v) is 10.9. The molecule has 0 fully saturated rings. The van der Waals surface area contributed by atoms with E-state index in [1.165, 1.54) is 18.3 Å². The first-order valence-corrected chi connectivity index (χ1v) is 6.16. The average molecular weight is 281 g/mol. The van der Waals surface area contributed by atoms with Crippen molar-refractivity contribution >= 4 is 22.6 Å². The molecule has 2 heterocycles. The first-order valence-electron chi connectivity index (χ1n) is 6.16. The van der Waals surface area contributed by atoms with Crippen molar-refractivity contribution in [2.24, 2.45) is 0 Å². The first-order chi connectivity index (χ1) is 10.1. The number of nitrogens with two attached hydrogens (primary N) is 1. The zero-order valence-electron chi connectivity index (χ0n) is 10.9. The van der Waals surface area contributed by atoms with Crippen LogP contribution in [0, 0.1) is 0 Å². The van der Waals surface area contributed by atoms with Crippen LogP contribution in [0.1, 0.15) is 10.5 Å². The van der Waals surface area contributed by atoms with Gasteiger partial charge in [-0.1, -0.05) is 18.2 Å². The van der Waals surface area contributed by atoms with E-state index in [2.05, 4.69) is 9.97 Å². The summed E-state index contributed by atoms with van der Waals surface area (Å²) >= 11 is 0. The fourth-order valence-electron chi connectivity index (χ4n) is 1.87. The van der Waals surface area contributed by atoms with Gasteiger partial charge in [0.15, 0.2) is 5.69 Å². The number of aromatic nitrogens is 2. The van der Waals surface area contributed by atoms with Gasteiger partial charge in [0.2, 0.25) is 5.88 Å². The molecule has 0 saturated carbocycles. The fraction of sp³-hybridized carbons (Fsp3) is 0. The van der Waals surface area contributed by atoms with Crippen LogP contribution < -0.4 is 10.5 Å². The molecular formula is C15H11N3O3. The second-order valence-corrected chi connectivity index (χ2v) is 4.36. The number of para-hydroxylation sites is 1. The third-order valence-corrected chi connectivity index (χ3v) is 2.89. The molecule has 0 unspecified atom stereocenters. The van der Waals surface area contributed by atoms with Crippen LogP contribution in [0.3, 0.4) is 0 Å². The standard InChI is InChI=1S/C15H11N3O3/c16-11-5-6-13(15(19)20)18-14(11)21-10-7-9-3-1-2-4-12(9)17-8-10/h1-8H,16H2,(H,19,20). The number of carboxylic acid groups (broad SMARTS) is 1. The van der Waals surface area contributed by atoms with Gasteiger partial charge < -0.3 is 15.6 Å². The Morgan fingerprint density at radius 2 is 2.00 bits per heavy atom. The van der Waals surface area contributed by atoms with Gasteiger partial charge in [-0.2, -0.15) is 0 Å².